The van der Waals surface area contributed by atoms with E-state index in [1.165, 1.54) is 76.0 Å². The SMILES string of the molecule is c1ccc2c(c1)Oc1ccccc1C21c2ccccc2N(c2ccc(-c3ccc4c(c3)[Si]3(c5ccccc5-c5ccccc53)c3ccccc3-4)c3ccccc23)c2ccccc21. The van der Waals surface area contributed by atoms with E-state index < -0.39 is 13.5 Å². The molecule has 2 spiro atoms. The maximum absolute atomic E-state index is 6.66. The minimum atomic E-state index is -2.59. The molecule has 0 amide bonds. The van der Waals surface area contributed by atoms with Crippen LogP contribution in [-0.4, -0.2) is 8.07 Å². The van der Waals surface area contributed by atoms with Crippen LogP contribution in [0.3, 0.4) is 0 Å². The molecular formula is C59H37NOSi. The van der Waals surface area contributed by atoms with Crippen molar-refractivity contribution >= 4 is 56.7 Å². The number of hydrogen-bond acceptors (Lipinski definition) is 2. The molecule has 14 rings (SSSR count). The van der Waals surface area contributed by atoms with Gasteiger partial charge in [-0.3, -0.25) is 0 Å². The van der Waals surface area contributed by atoms with E-state index in [9.17, 15) is 0 Å². The second-order valence-electron chi connectivity index (χ2n) is 17.0. The molecule has 0 saturated heterocycles. The van der Waals surface area contributed by atoms with Crippen LogP contribution in [-0.2, 0) is 5.41 Å². The maximum Gasteiger partial charge on any atom is 0.182 e. The summed E-state index contributed by atoms with van der Waals surface area (Å²) in [6, 6.07) is 83.9. The number of para-hydroxylation sites is 4. The lowest BCUT2D eigenvalue weighted by atomic mass is 9.61. The Morgan fingerprint density at radius 1 is 0.323 bits per heavy atom. The summed E-state index contributed by atoms with van der Waals surface area (Å²) in [7, 11) is -2.59. The van der Waals surface area contributed by atoms with Gasteiger partial charge in [0.15, 0.2) is 8.07 Å². The predicted octanol–water partition coefficient (Wildman–Crippen LogP) is 12.1. The van der Waals surface area contributed by atoms with Crippen LogP contribution in [0.25, 0.3) is 44.2 Å². The molecule has 0 N–H and O–H groups in total. The van der Waals surface area contributed by atoms with E-state index in [-0.39, 0.29) is 0 Å². The number of fused-ring (bicyclic) bond motifs is 19. The maximum atomic E-state index is 6.66. The van der Waals surface area contributed by atoms with Crippen molar-refractivity contribution < 1.29 is 4.74 Å². The number of rotatable bonds is 2. The van der Waals surface area contributed by atoms with Gasteiger partial charge in [0.25, 0.3) is 0 Å². The van der Waals surface area contributed by atoms with E-state index in [2.05, 4.69) is 229 Å². The zero-order chi connectivity index (χ0) is 40.6. The molecule has 4 aliphatic rings. The molecule has 0 bridgehead atoms. The number of anilines is 3. The van der Waals surface area contributed by atoms with Crippen LogP contribution in [0.1, 0.15) is 22.3 Å². The van der Waals surface area contributed by atoms with Crippen molar-refractivity contribution in [1.82, 2.24) is 0 Å². The van der Waals surface area contributed by atoms with Crippen LogP contribution in [0.2, 0.25) is 0 Å². The quantitative estimate of drug-likeness (QED) is 0.161. The molecule has 4 heterocycles. The Hall–Kier alpha value is -7.72. The van der Waals surface area contributed by atoms with Crippen LogP contribution in [0.4, 0.5) is 17.1 Å². The fourth-order valence-electron chi connectivity index (χ4n) is 12.1. The van der Waals surface area contributed by atoms with Gasteiger partial charge in [0.1, 0.15) is 11.5 Å². The smallest absolute Gasteiger partial charge is 0.182 e. The summed E-state index contributed by atoms with van der Waals surface area (Å²) in [6.45, 7) is 0. The first-order valence-corrected chi connectivity index (χ1v) is 23.6. The van der Waals surface area contributed by atoms with E-state index in [1.54, 1.807) is 0 Å². The van der Waals surface area contributed by atoms with Crippen LogP contribution >= 0.6 is 0 Å². The molecule has 10 aromatic rings. The highest BCUT2D eigenvalue weighted by atomic mass is 28.3. The second kappa shape index (κ2) is 12.4. The first kappa shape index (κ1) is 34.0. The Bertz CT molecular complexity index is 3390. The first-order chi connectivity index (χ1) is 30.8. The lowest BCUT2D eigenvalue weighted by Gasteiger charge is -2.48. The molecule has 0 aliphatic carbocycles. The summed E-state index contributed by atoms with van der Waals surface area (Å²) in [5.41, 5.74) is 15.7. The topological polar surface area (TPSA) is 12.5 Å². The van der Waals surface area contributed by atoms with Gasteiger partial charge in [0, 0.05) is 16.5 Å². The van der Waals surface area contributed by atoms with Crippen molar-refractivity contribution in [2.75, 3.05) is 4.90 Å². The molecule has 0 unspecified atom stereocenters. The summed E-state index contributed by atoms with van der Waals surface area (Å²) in [5.74, 6) is 1.79. The van der Waals surface area contributed by atoms with Gasteiger partial charge in [0.05, 0.1) is 22.5 Å². The normalized spacial score (nSPS) is 14.8. The molecule has 0 atom stereocenters. The highest BCUT2D eigenvalue weighted by molar-refractivity contribution is 7.24. The number of hydrogen-bond donors (Lipinski definition) is 0. The van der Waals surface area contributed by atoms with Crippen molar-refractivity contribution in [3.63, 3.8) is 0 Å². The Labute approximate surface area is 361 Å². The number of ether oxygens (including phenoxy) is 1. The molecule has 3 heteroatoms. The second-order valence-corrected chi connectivity index (χ2v) is 20.7. The third-order valence-electron chi connectivity index (χ3n) is 14.4. The molecule has 10 aromatic carbocycles. The Balaban J connectivity index is 0.995. The zero-order valence-electron chi connectivity index (χ0n) is 33.7. The van der Waals surface area contributed by atoms with Gasteiger partial charge >= 0.3 is 0 Å². The summed E-state index contributed by atoms with van der Waals surface area (Å²) in [4.78, 5) is 2.51. The number of nitrogens with zero attached hydrogens (tertiary/aromatic N) is 1. The molecule has 0 radical (unpaired) electrons. The summed E-state index contributed by atoms with van der Waals surface area (Å²) < 4.78 is 6.66. The summed E-state index contributed by atoms with van der Waals surface area (Å²) >= 11 is 0. The highest BCUT2D eigenvalue weighted by Gasteiger charge is 2.54. The molecule has 0 fully saturated rings. The van der Waals surface area contributed by atoms with E-state index >= 15 is 0 Å². The van der Waals surface area contributed by atoms with E-state index in [0.717, 1.165) is 39.7 Å². The standard InChI is InChI=1S/C59H37NOSi/c1-2-18-41-40(17-1)39(38-33-34-45-44-21-5-16-32-57(44)62(58(45)37-38)55-30-14-3-19-42(55)43-20-4-15-31-56(43)62)35-36-50(41)60-51-26-10-6-22-46(51)59(47-23-7-11-27-52(47)60)48-24-8-12-28-53(48)61-54-29-13-9-25-49(54)59/h1-37H. The van der Waals surface area contributed by atoms with Crippen LogP contribution < -0.4 is 30.4 Å². The number of benzene rings is 10. The monoisotopic (exact) mass is 803 g/mol. The van der Waals surface area contributed by atoms with Crippen molar-refractivity contribution in [3.05, 3.63) is 247 Å². The largest absolute Gasteiger partial charge is 0.457 e. The molecule has 2 nitrogen and oxygen atoms in total. The Kier molecular flexibility index (Phi) is 6.82. The van der Waals surface area contributed by atoms with Crippen molar-refractivity contribution in [2.45, 2.75) is 5.41 Å². The van der Waals surface area contributed by atoms with Gasteiger partial charge in [-0.25, -0.2) is 0 Å². The van der Waals surface area contributed by atoms with Gasteiger partial charge in [0.2, 0.25) is 0 Å². The molecular weight excluding hydrogens is 767 g/mol. The first-order valence-electron chi connectivity index (χ1n) is 21.6. The lowest BCUT2D eigenvalue weighted by molar-refractivity contribution is 0.434. The fraction of sp³-hybridized carbons (Fsp3) is 0.0169. The van der Waals surface area contributed by atoms with Crippen molar-refractivity contribution in [3.8, 4) is 44.9 Å². The van der Waals surface area contributed by atoms with Gasteiger partial charge in [-0.15, -0.1) is 0 Å². The molecule has 0 saturated carbocycles. The van der Waals surface area contributed by atoms with E-state index in [4.69, 9.17) is 4.74 Å². The highest BCUT2D eigenvalue weighted by Crippen LogP contribution is 2.63. The lowest BCUT2D eigenvalue weighted by Crippen LogP contribution is -2.70. The molecule has 0 aromatic heterocycles. The van der Waals surface area contributed by atoms with E-state index in [0.29, 0.717) is 0 Å². The van der Waals surface area contributed by atoms with Gasteiger partial charge in [-0.2, -0.15) is 0 Å². The van der Waals surface area contributed by atoms with Crippen molar-refractivity contribution in [2.24, 2.45) is 0 Å². The average Bonchev–Trinajstić information content (AvgIpc) is 3.81. The van der Waals surface area contributed by atoms with Gasteiger partial charge < -0.3 is 9.64 Å². The van der Waals surface area contributed by atoms with Crippen LogP contribution in [0.15, 0.2) is 224 Å². The third-order valence-corrected chi connectivity index (χ3v) is 19.3. The zero-order valence-corrected chi connectivity index (χ0v) is 34.7. The van der Waals surface area contributed by atoms with Crippen LogP contribution in [0.5, 0.6) is 11.5 Å². The average molecular weight is 804 g/mol. The van der Waals surface area contributed by atoms with E-state index in [1.807, 2.05) is 0 Å². The Morgan fingerprint density at radius 3 is 1.34 bits per heavy atom. The van der Waals surface area contributed by atoms with Crippen LogP contribution in [0, 0.1) is 0 Å². The Morgan fingerprint density at radius 2 is 0.758 bits per heavy atom. The van der Waals surface area contributed by atoms with Gasteiger partial charge in [-0.1, -0.05) is 194 Å². The predicted molar refractivity (Wildman–Crippen MR) is 258 cm³/mol. The molecule has 4 aliphatic heterocycles. The third kappa shape index (κ3) is 4.14. The molecule has 288 valence electrons. The minimum Gasteiger partial charge on any atom is -0.457 e. The van der Waals surface area contributed by atoms with Crippen molar-refractivity contribution in [1.29, 1.82) is 0 Å². The molecule has 62 heavy (non-hydrogen) atoms. The summed E-state index contributed by atoms with van der Waals surface area (Å²) in [6.07, 6.45) is 0. The summed E-state index contributed by atoms with van der Waals surface area (Å²) in [5, 5.41) is 8.44. The minimum absolute atomic E-state index is 0.579. The van der Waals surface area contributed by atoms with Gasteiger partial charge in [-0.05, 0) is 101 Å². The fourth-order valence-corrected chi connectivity index (χ4v) is 17.7.